The predicted molar refractivity (Wildman–Crippen MR) is 110 cm³/mol. The second-order valence-electron chi connectivity index (χ2n) is 6.18. The molecule has 0 bridgehead atoms. The van der Waals surface area contributed by atoms with Crippen molar-refractivity contribution in [1.29, 1.82) is 0 Å². The molecule has 3 heterocycles. The molecule has 1 aromatic carbocycles. The van der Waals surface area contributed by atoms with Gasteiger partial charge >= 0.3 is 0 Å². The number of nitrogens with two attached hydrogens (primary N) is 1. The van der Waals surface area contributed by atoms with Gasteiger partial charge < -0.3 is 20.9 Å². The highest BCUT2D eigenvalue weighted by atomic mass is 32.1. The molecule has 0 radical (unpaired) electrons. The van der Waals surface area contributed by atoms with Crippen LogP contribution in [0.3, 0.4) is 0 Å². The van der Waals surface area contributed by atoms with Gasteiger partial charge in [-0.1, -0.05) is 23.5 Å². The van der Waals surface area contributed by atoms with Crippen molar-refractivity contribution < 1.29 is 0 Å². The van der Waals surface area contributed by atoms with Gasteiger partial charge in [-0.3, -0.25) is 4.99 Å². The third-order valence-electron chi connectivity index (χ3n) is 4.39. The first-order valence-electron chi connectivity index (χ1n) is 8.96. The van der Waals surface area contributed by atoms with E-state index in [1.54, 1.807) is 23.7 Å². The molecular weight excluding hydrogens is 360 g/mol. The molecule has 0 saturated carbocycles. The zero-order chi connectivity index (χ0) is 18.5. The number of rotatable bonds is 5. The van der Waals surface area contributed by atoms with Crippen molar-refractivity contribution in [1.82, 2.24) is 19.9 Å². The summed E-state index contributed by atoms with van der Waals surface area (Å²) in [5.41, 5.74) is 7.18. The van der Waals surface area contributed by atoms with Crippen LogP contribution in [0, 0.1) is 0 Å². The van der Waals surface area contributed by atoms with Crippen LogP contribution in [0.25, 0.3) is 10.2 Å². The topological polar surface area (TPSA) is 95.6 Å². The van der Waals surface area contributed by atoms with E-state index in [4.69, 9.17) is 5.73 Å². The first kappa shape index (κ1) is 17.5. The molecule has 3 aromatic rings. The summed E-state index contributed by atoms with van der Waals surface area (Å²) in [5.74, 6) is 1.36. The fourth-order valence-electron chi connectivity index (χ4n) is 2.97. The standard InChI is InChI=1S/C18H22N8S/c19-16(25-10-12-26(13-11-25)17-21-6-3-7-22-17)20-8-9-23-18-24-14-4-1-2-5-15(14)27-18/h1-7H,8-13H2,(H2,19,20)(H,23,24). The number of aromatic nitrogens is 3. The molecule has 27 heavy (non-hydrogen) atoms. The fraction of sp³-hybridized carbons (Fsp3) is 0.333. The van der Waals surface area contributed by atoms with Crippen molar-refractivity contribution in [2.45, 2.75) is 0 Å². The van der Waals surface area contributed by atoms with E-state index in [2.05, 4.69) is 41.1 Å². The van der Waals surface area contributed by atoms with Crippen molar-refractivity contribution in [3.63, 3.8) is 0 Å². The minimum absolute atomic E-state index is 0.592. The highest BCUT2D eigenvalue weighted by molar-refractivity contribution is 7.22. The summed E-state index contributed by atoms with van der Waals surface area (Å²) in [7, 11) is 0. The summed E-state index contributed by atoms with van der Waals surface area (Å²) in [4.78, 5) is 21.9. The Morgan fingerprint density at radius 2 is 1.89 bits per heavy atom. The molecule has 0 spiro atoms. The molecular formula is C18H22N8S. The van der Waals surface area contributed by atoms with Crippen LogP contribution in [0.2, 0.25) is 0 Å². The maximum absolute atomic E-state index is 6.16. The number of thiazole rings is 1. The summed E-state index contributed by atoms with van der Waals surface area (Å²) in [6.07, 6.45) is 3.53. The number of hydrogen-bond acceptors (Lipinski definition) is 7. The lowest BCUT2D eigenvalue weighted by Crippen LogP contribution is -2.51. The van der Waals surface area contributed by atoms with Gasteiger partial charge in [0.2, 0.25) is 5.95 Å². The van der Waals surface area contributed by atoms with Crippen LogP contribution in [-0.4, -0.2) is 65.1 Å². The molecule has 2 aromatic heterocycles. The number of piperazine rings is 1. The van der Waals surface area contributed by atoms with E-state index in [0.717, 1.165) is 42.8 Å². The van der Waals surface area contributed by atoms with Crippen molar-refractivity contribution in [3.05, 3.63) is 42.7 Å². The lowest BCUT2D eigenvalue weighted by Gasteiger charge is -2.35. The Labute approximate surface area is 161 Å². The van der Waals surface area contributed by atoms with Gasteiger partial charge in [-0.25, -0.2) is 15.0 Å². The van der Waals surface area contributed by atoms with Crippen LogP contribution in [0.1, 0.15) is 0 Å². The van der Waals surface area contributed by atoms with E-state index in [0.29, 0.717) is 19.0 Å². The third-order valence-corrected chi connectivity index (χ3v) is 5.39. The van der Waals surface area contributed by atoms with Gasteiger partial charge in [-0.15, -0.1) is 0 Å². The number of benzene rings is 1. The molecule has 1 fully saturated rings. The van der Waals surface area contributed by atoms with Crippen LogP contribution in [0.4, 0.5) is 11.1 Å². The van der Waals surface area contributed by atoms with Gasteiger partial charge in [-0.2, -0.15) is 0 Å². The third kappa shape index (κ3) is 4.25. The van der Waals surface area contributed by atoms with E-state index < -0.39 is 0 Å². The van der Waals surface area contributed by atoms with Gasteiger partial charge in [0, 0.05) is 45.1 Å². The zero-order valence-corrected chi connectivity index (χ0v) is 15.8. The van der Waals surface area contributed by atoms with Crippen molar-refractivity contribution >= 4 is 38.6 Å². The summed E-state index contributed by atoms with van der Waals surface area (Å²) in [6, 6.07) is 9.95. The normalized spacial score (nSPS) is 15.3. The van der Waals surface area contributed by atoms with Gasteiger partial charge in [0.1, 0.15) is 0 Å². The molecule has 1 saturated heterocycles. The molecule has 0 amide bonds. The van der Waals surface area contributed by atoms with E-state index in [-0.39, 0.29) is 0 Å². The van der Waals surface area contributed by atoms with Crippen LogP contribution < -0.4 is 16.0 Å². The largest absolute Gasteiger partial charge is 0.370 e. The second-order valence-corrected chi connectivity index (χ2v) is 7.21. The molecule has 4 rings (SSSR count). The van der Waals surface area contributed by atoms with Crippen molar-refractivity contribution in [2.75, 3.05) is 49.5 Å². The number of fused-ring (bicyclic) bond motifs is 1. The Bertz CT molecular complexity index is 869. The molecule has 0 aliphatic carbocycles. The zero-order valence-electron chi connectivity index (χ0n) is 15.0. The van der Waals surface area contributed by atoms with E-state index in [1.165, 1.54) is 4.70 Å². The average Bonchev–Trinajstić information content (AvgIpc) is 3.15. The van der Waals surface area contributed by atoms with Crippen LogP contribution in [0.5, 0.6) is 0 Å². The maximum Gasteiger partial charge on any atom is 0.225 e. The first-order valence-corrected chi connectivity index (χ1v) is 9.77. The van der Waals surface area contributed by atoms with Gasteiger partial charge in [0.25, 0.3) is 0 Å². The number of nitrogens with one attached hydrogen (secondary N) is 1. The molecule has 140 valence electrons. The van der Waals surface area contributed by atoms with Crippen LogP contribution >= 0.6 is 11.3 Å². The molecule has 3 N–H and O–H groups in total. The number of guanidine groups is 1. The molecule has 0 unspecified atom stereocenters. The number of hydrogen-bond donors (Lipinski definition) is 2. The van der Waals surface area contributed by atoms with Crippen molar-refractivity contribution in [3.8, 4) is 0 Å². The minimum Gasteiger partial charge on any atom is -0.370 e. The lowest BCUT2D eigenvalue weighted by molar-refractivity contribution is 0.378. The Kier molecular flexibility index (Phi) is 5.29. The number of nitrogens with zero attached hydrogens (tertiary/aromatic N) is 6. The van der Waals surface area contributed by atoms with Crippen molar-refractivity contribution in [2.24, 2.45) is 10.7 Å². The Morgan fingerprint density at radius 1 is 1.11 bits per heavy atom. The average molecular weight is 382 g/mol. The number of para-hydroxylation sites is 1. The lowest BCUT2D eigenvalue weighted by atomic mass is 10.3. The van der Waals surface area contributed by atoms with Gasteiger partial charge in [0.15, 0.2) is 11.1 Å². The highest BCUT2D eigenvalue weighted by Gasteiger charge is 2.19. The van der Waals surface area contributed by atoms with Gasteiger partial charge in [-0.05, 0) is 18.2 Å². The smallest absolute Gasteiger partial charge is 0.225 e. The first-order chi connectivity index (χ1) is 13.3. The second kappa shape index (κ2) is 8.17. The highest BCUT2D eigenvalue weighted by Crippen LogP contribution is 2.24. The minimum atomic E-state index is 0.592. The Balaban J connectivity index is 1.24. The number of aliphatic imine (C=N–C) groups is 1. The van der Waals surface area contributed by atoms with Crippen LogP contribution in [0.15, 0.2) is 47.7 Å². The molecule has 1 aliphatic rings. The molecule has 8 nitrogen and oxygen atoms in total. The molecule has 0 atom stereocenters. The summed E-state index contributed by atoms with van der Waals surface area (Å²) in [6.45, 7) is 4.63. The van der Waals surface area contributed by atoms with E-state index in [1.807, 2.05) is 24.3 Å². The Hall–Kier alpha value is -2.94. The van der Waals surface area contributed by atoms with Crippen LogP contribution in [-0.2, 0) is 0 Å². The summed E-state index contributed by atoms with van der Waals surface area (Å²) in [5, 5.41) is 4.24. The monoisotopic (exact) mass is 382 g/mol. The SMILES string of the molecule is NC(=NCCNc1nc2ccccc2s1)N1CCN(c2ncccn2)CC1. The predicted octanol–water partition coefficient (Wildman–Crippen LogP) is 1.64. The summed E-state index contributed by atoms with van der Waals surface area (Å²) >= 11 is 1.65. The van der Waals surface area contributed by atoms with E-state index >= 15 is 0 Å². The number of anilines is 2. The maximum atomic E-state index is 6.16. The molecule has 9 heteroatoms. The summed E-state index contributed by atoms with van der Waals surface area (Å²) < 4.78 is 1.18. The molecule has 1 aliphatic heterocycles. The Morgan fingerprint density at radius 3 is 2.67 bits per heavy atom. The van der Waals surface area contributed by atoms with Gasteiger partial charge in [0.05, 0.1) is 16.8 Å². The van der Waals surface area contributed by atoms with E-state index in [9.17, 15) is 0 Å². The fourth-order valence-corrected chi connectivity index (χ4v) is 3.86. The quantitative estimate of drug-likeness (QED) is 0.393.